The van der Waals surface area contributed by atoms with Crippen LogP contribution in [0, 0.1) is 18.7 Å². The molecule has 1 fully saturated rings. The van der Waals surface area contributed by atoms with E-state index in [9.17, 15) is 4.39 Å². The molecule has 1 aliphatic carbocycles. The summed E-state index contributed by atoms with van der Waals surface area (Å²) in [5.74, 6) is 0.579. The van der Waals surface area contributed by atoms with Gasteiger partial charge in [0.15, 0.2) is 0 Å². The molecule has 0 aromatic heterocycles. The van der Waals surface area contributed by atoms with Crippen LogP contribution in [0.25, 0.3) is 0 Å². The maximum atomic E-state index is 13.9. The van der Waals surface area contributed by atoms with Crippen LogP contribution in [-0.4, -0.2) is 7.05 Å². The van der Waals surface area contributed by atoms with Crippen molar-refractivity contribution in [2.24, 2.45) is 5.92 Å². The second kappa shape index (κ2) is 4.31. The zero-order valence-electron chi connectivity index (χ0n) is 9.39. The third kappa shape index (κ3) is 1.91. The Hall–Kier alpha value is -0.890. The molecule has 1 aliphatic rings. The standard InChI is InChI=1S/C13H18FN/c1-9-5-3-8-11(12(9)14)13(15-2)10-6-4-7-10/h3,5,8,10,13,15H,4,6-7H2,1-2H3. The van der Waals surface area contributed by atoms with Gasteiger partial charge in [-0.15, -0.1) is 0 Å². The van der Waals surface area contributed by atoms with Gasteiger partial charge in [0.2, 0.25) is 0 Å². The summed E-state index contributed by atoms with van der Waals surface area (Å²) in [4.78, 5) is 0. The fourth-order valence-electron chi connectivity index (χ4n) is 2.33. The minimum absolute atomic E-state index is 0.0382. The number of hydrogen-bond donors (Lipinski definition) is 1. The van der Waals surface area contributed by atoms with Gasteiger partial charge in [-0.3, -0.25) is 0 Å². The molecule has 0 aliphatic heterocycles. The molecule has 0 heterocycles. The molecule has 0 saturated heterocycles. The quantitative estimate of drug-likeness (QED) is 0.802. The molecule has 2 rings (SSSR count). The van der Waals surface area contributed by atoms with Gasteiger partial charge < -0.3 is 5.32 Å². The average molecular weight is 207 g/mol. The Morgan fingerprint density at radius 3 is 2.67 bits per heavy atom. The van der Waals surface area contributed by atoms with Crippen LogP contribution in [0.2, 0.25) is 0 Å². The van der Waals surface area contributed by atoms with Gasteiger partial charge in [-0.1, -0.05) is 24.6 Å². The molecule has 0 bridgehead atoms. The van der Waals surface area contributed by atoms with Crippen molar-refractivity contribution in [3.05, 3.63) is 35.1 Å². The van der Waals surface area contributed by atoms with Crippen molar-refractivity contribution < 1.29 is 4.39 Å². The van der Waals surface area contributed by atoms with Gasteiger partial charge in [-0.2, -0.15) is 0 Å². The third-order valence-electron chi connectivity index (χ3n) is 3.49. The van der Waals surface area contributed by atoms with Gasteiger partial charge in [0, 0.05) is 11.6 Å². The maximum absolute atomic E-state index is 13.9. The molecule has 1 aromatic carbocycles. The van der Waals surface area contributed by atoms with Gasteiger partial charge >= 0.3 is 0 Å². The zero-order chi connectivity index (χ0) is 10.8. The normalized spacial score (nSPS) is 18.6. The minimum atomic E-state index is -0.0382. The van der Waals surface area contributed by atoms with E-state index in [0.717, 1.165) is 11.1 Å². The van der Waals surface area contributed by atoms with Crippen LogP contribution in [0.15, 0.2) is 18.2 Å². The van der Waals surface area contributed by atoms with E-state index in [4.69, 9.17) is 0 Å². The molecule has 1 atom stereocenters. The summed E-state index contributed by atoms with van der Waals surface area (Å²) >= 11 is 0. The lowest BCUT2D eigenvalue weighted by Crippen LogP contribution is -2.30. The van der Waals surface area contributed by atoms with Gasteiger partial charge in [0.05, 0.1) is 0 Å². The first-order valence-electron chi connectivity index (χ1n) is 5.66. The van der Waals surface area contributed by atoms with Gasteiger partial charge in [0.1, 0.15) is 5.82 Å². The third-order valence-corrected chi connectivity index (χ3v) is 3.49. The van der Waals surface area contributed by atoms with Crippen molar-refractivity contribution in [2.75, 3.05) is 7.05 Å². The molecule has 1 saturated carbocycles. The fourth-order valence-corrected chi connectivity index (χ4v) is 2.33. The monoisotopic (exact) mass is 207 g/mol. The minimum Gasteiger partial charge on any atom is -0.313 e. The van der Waals surface area contributed by atoms with Gasteiger partial charge in [-0.25, -0.2) is 4.39 Å². The number of rotatable bonds is 3. The summed E-state index contributed by atoms with van der Waals surface area (Å²) in [6.45, 7) is 1.83. The maximum Gasteiger partial charge on any atom is 0.130 e. The first kappa shape index (κ1) is 10.6. The van der Waals surface area contributed by atoms with Crippen molar-refractivity contribution in [3.8, 4) is 0 Å². The second-order valence-corrected chi connectivity index (χ2v) is 4.44. The Kier molecular flexibility index (Phi) is 3.06. The SMILES string of the molecule is CNC(c1cccc(C)c1F)C1CCC1. The van der Waals surface area contributed by atoms with E-state index in [1.165, 1.54) is 19.3 Å². The number of aryl methyl sites for hydroxylation is 1. The number of benzene rings is 1. The highest BCUT2D eigenvalue weighted by Crippen LogP contribution is 2.38. The number of nitrogens with one attached hydrogen (secondary N) is 1. The first-order chi connectivity index (χ1) is 7.24. The summed E-state index contributed by atoms with van der Waals surface area (Å²) in [6, 6.07) is 5.86. The van der Waals surface area contributed by atoms with Crippen molar-refractivity contribution in [1.82, 2.24) is 5.32 Å². The molecule has 0 radical (unpaired) electrons. The Morgan fingerprint density at radius 2 is 2.13 bits per heavy atom. The topological polar surface area (TPSA) is 12.0 Å². The lowest BCUT2D eigenvalue weighted by molar-refractivity contribution is 0.235. The molecule has 1 N–H and O–H groups in total. The van der Waals surface area contributed by atoms with Crippen LogP contribution in [0.4, 0.5) is 4.39 Å². The van der Waals surface area contributed by atoms with E-state index < -0.39 is 0 Å². The molecule has 0 spiro atoms. The highest BCUT2D eigenvalue weighted by atomic mass is 19.1. The van der Waals surface area contributed by atoms with Crippen molar-refractivity contribution in [2.45, 2.75) is 32.2 Å². The highest BCUT2D eigenvalue weighted by molar-refractivity contribution is 5.28. The molecule has 1 unspecified atom stereocenters. The van der Waals surface area contributed by atoms with E-state index >= 15 is 0 Å². The molecule has 1 aromatic rings. The average Bonchev–Trinajstić information content (AvgIpc) is 2.16. The molecule has 0 amide bonds. The van der Waals surface area contributed by atoms with Crippen LogP contribution in [0.3, 0.4) is 0 Å². The summed E-state index contributed by atoms with van der Waals surface area (Å²) < 4.78 is 13.9. The molecule has 2 heteroatoms. The van der Waals surface area contributed by atoms with E-state index in [1.54, 1.807) is 0 Å². The van der Waals surface area contributed by atoms with Gasteiger partial charge in [0.25, 0.3) is 0 Å². The molecule has 82 valence electrons. The first-order valence-corrected chi connectivity index (χ1v) is 5.66. The number of halogens is 1. The van der Waals surface area contributed by atoms with E-state index in [1.807, 2.05) is 32.2 Å². The Labute approximate surface area is 90.7 Å². The molecular formula is C13H18FN. The van der Waals surface area contributed by atoms with Crippen LogP contribution in [0.1, 0.15) is 36.4 Å². The van der Waals surface area contributed by atoms with Crippen molar-refractivity contribution in [3.63, 3.8) is 0 Å². The van der Waals surface area contributed by atoms with E-state index in [2.05, 4.69) is 5.32 Å². The molecule has 1 nitrogen and oxygen atoms in total. The van der Waals surface area contributed by atoms with Crippen LogP contribution in [0.5, 0.6) is 0 Å². The Bertz CT molecular complexity index is 344. The van der Waals surface area contributed by atoms with E-state index in [0.29, 0.717) is 5.92 Å². The lowest BCUT2D eigenvalue weighted by Gasteiger charge is -2.34. The van der Waals surface area contributed by atoms with E-state index in [-0.39, 0.29) is 11.9 Å². The van der Waals surface area contributed by atoms with Crippen LogP contribution >= 0.6 is 0 Å². The smallest absolute Gasteiger partial charge is 0.130 e. The number of hydrogen-bond acceptors (Lipinski definition) is 1. The summed E-state index contributed by atoms with van der Waals surface area (Å²) in [5.41, 5.74) is 1.58. The highest BCUT2D eigenvalue weighted by Gasteiger charge is 2.29. The molecular weight excluding hydrogens is 189 g/mol. The zero-order valence-corrected chi connectivity index (χ0v) is 9.39. The van der Waals surface area contributed by atoms with Crippen LogP contribution < -0.4 is 5.32 Å². The van der Waals surface area contributed by atoms with Crippen LogP contribution in [-0.2, 0) is 0 Å². The molecule has 15 heavy (non-hydrogen) atoms. The Balaban J connectivity index is 2.29. The van der Waals surface area contributed by atoms with Crippen molar-refractivity contribution in [1.29, 1.82) is 0 Å². The second-order valence-electron chi connectivity index (χ2n) is 4.44. The summed E-state index contributed by atoms with van der Waals surface area (Å²) in [5, 5.41) is 3.25. The summed E-state index contributed by atoms with van der Waals surface area (Å²) in [7, 11) is 1.92. The predicted octanol–water partition coefficient (Wildman–Crippen LogP) is 3.19. The fraction of sp³-hybridized carbons (Fsp3) is 0.538. The summed E-state index contributed by atoms with van der Waals surface area (Å²) in [6.07, 6.45) is 3.73. The lowest BCUT2D eigenvalue weighted by atomic mass is 9.77. The largest absolute Gasteiger partial charge is 0.313 e. The predicted molar refractivity (Wildman–Crippen MR) is 60.3 cm³/mol. The Morgan fingerprint density at radius 1 is 1.40 bits per heavy atom. The van der Waals surface area contributed by atoms with Crippen molar-refractivity contribution >= 4 is 0 Å². The van der Waals surface area contributed by atoms with Gasteiger partial charge in [-0.05, 0) is 38.3 Å².